The Balaban J connectivity index is 3.53. The van der Waals surface area contributed by atoms with Crippen molar-refractivity contribution in [2.75, 3.05) is 6.61 Å². The molecule has 0 aliphatic carbocycles. The lowest BCUT2D eigenvalue weighted by Gasteiger charge is -2.27. The molecule has 0 aromatic heterocycles. The van der Waals surface area contributed by atoms with Gasteiger partial charge in [0.15, 0.2) is 0 Å². The van der Waals surface area contributed by atoms with Crippen molar-refractivity contribution in [2.45, 2.75) is 417 Å². The smallest absolute Gasteiger partial charge is 0.249 e. The first kappa shape index (κ1) is 75.8. The van der Waals surface area contributed by atoms with Crippen LogP contribution in [0.5, 0.6) is 0 Å². The van der Waals surface area contributed by atoms with E-state index in [9.17, 15) is 25.2 Å². The fourth-order valence-corrected chi connectivity index (χ4v) is 11.4. The van der Waals surface area contributed by atoms with Gasteiger partial charge in [0.25, 0.3) is 0 Å². The Bertz CT molecular complexity index is 1170. The summed E-state index contributed by atoms with van der Waals surface area (Å²) in [7, 11) is 0. The highest BCUT2D eigenvalue weighted by molar-refractivity contribution is 5.80. The summed E-state index contributed by atoms with van der Waals surface area (Å²) in [6.07, 6.45) is 83.2. The SMILES string of the molecule is CCCCCCCCCCCCCCCCCCCC/C=C\CCCCCCCCCCCCCCCCCCC(O)C(=O)NC(CO)C(O)C(O)CCC/C=C/CCCCCCCCCCCCCCCCCCCC. The number of carbonyl (C=O) groups is 1. The minimum Gasteiger partial charge on any atom is -0.394 e. The lowest BCUT2D eigenvalue weighted by atomic mass is 10.00. The molecule has 0 saturated carbocycles. The zero-order chi connectivity index (χ0) is 55.8. The molecule has 458 valence electrons. The monoisotopic (exact) mass is 1090 g/mol. The van der Waals surface area contributed by atoms with Crippen molar-refractivity contribution >= 4 is 5.91 Å². The third-order valence-electron chi connectivity index (χ3n) is 16.9. The van der Waals surface area contributed by atoms with E-state index in [4.69, 9.17) is 0 Å². The lowest BCUT2D eigenvalue weighted by molar-refractivity contribution is -0.132. The van der Waals surface area contributed by atoms with Gasteiger partial charge < -0.3 is 25.7 Å². The molecule has 0 bridgehead atoms. The van der Waals surface area contributed by atoms with Crippen molar-refractivity contribution in [3.05, 3.63) is 24.3 Å². The summed E-state index contributed by atoms with van der Waals surface area (Å²) < 4.78 is 0. The molecule has 0 saturated heterocycles. The van der Waals surface area contributed by atoms with Crippen LogP contribution >= 0.6 is 0 Å². The van der Waals surface area contributed by atoms with Gasteiger partial charge in [0.05, 0.1) is 18.8 Å². The molecule has 4 unspecified atom stereocenters. The second-order valence-electron chi connectivity index (χ2n) is 24.6. The van der Waals surface area contributed by atoms with Crippen molar-refractivity contribution in [1.82, 2.24) is 5.32 Å². The molecule has 0 rings (SSSR count). The molecule has 4 atom stereocenters. The summed E-state index contributed by atoms with van der Waals surface area (Å²) in [4.78, 5) is 12.7. The minimum atomic E-state index is -1.28. The third-order valence-corrected chi connectivity index (χ3v) is 16.9. The van der Waals surface area contributed by atoms with E-state index in [-0.39, 0.29) is 0 Å². The molecule has 5 N–H and O–H groups in total. The number of nitrogens with one attached hydrogen (secondary N) is 1. The van der Waals surface area contributed by atoms with Gasteiger partial charge in [0.2, 0.25) is 5.91 Å². The molecule has 0 fully saturated rings. The highest BCUT2D eigenvalue weighted by atomic mass is 16.3. The van der Waals surface area contributed by atoms with Crippen LogP contribution in [0.25, 0.3) is 0 Å². The van der Waals surface area contributed by atoms with Crippen LogP contribution in [-0.4, -0.2) is 57.3 Å². The predicted octanol–water partition coefficient (Wildman–Crippen LogP) is 21.7. The second kappa shape index (κ2) is 65.6. The van der Waals surface area contributed by atoms with Gasteiger partial charge in [0, 0.05) is 0 Å². The maximum Gasteiger partial charge on any atom is 0.249 e. The average molecular weight is 1090 g/mol. The minimum absolute atomic E-state index is 0.367. The first-order valence-corrected chi connectivity index (χ1v) is 35.2. The van der Waals surface area contributed by atoms with Crippen molar-refractivity contribution in [3.8, 4) is 0 Å². The van der Waals surface area contributed by atoms with Gasteiger partial charge in [-0.2, -0.15) is 0 Å². The van der Waals surface area contributed by atoms with Gasteiger partial charge in [-0.3, -0.25) is 4.79 Å². The van der Waals surface area contributed by atoms with Crippen LogP contribution in [-0.2, 0) is 4.79 Å². The topological polar surface area (TPSA) is 110 Å². The van der Waals surface area contributed by atoms with E-state index >= 15 is 0 Å². The van der Waals surface area contributed by atoms with Crippen molar-refractivity contribution in [1.29, 1.82) is 0 Å². The fraction of sp³-hybridized carbons (Fsp3) is 0.930. The fourth-order valence-electron chi connectivity index (χ4n) is 11.4. The van der Waals surface area contributed by atoms with Gasteiger partial charge in [0.1, 0.15) is 12.2 Å². The van der Waals surface area contributed by atoms with E-state index in [0.717, 1.165) is 38.5 Å². The van der Waals surface area contributed by atoms with E-state index in [0.29, 0.717) is 12.8 Å². The summed E-state index contributed by atoms with van der Waals surface area (Å²) in [5, 5.41) is 44.2. The van der Waals surface area contributed by atoms with Gasteiger partial charge in [-0.15, -0.1) is 0 Å². The van der Waals surface area contributed by atoms with Crippen LogP contribution in [0.1, 0.15) is 393 Å². The van der Waals surface area contributed by atoms with Crippen molar-refractivity contribution in [2.24, 2.45) is 0 Å². The summed E-state index contributed by atoms with van der Waals surface area (Å²) in [6, 6.07) is -1.00. The van der Waals surface area contributed by atoms with Gasteiger partial charge in [-0.25, -0.2) is 0 Å². The number of aliphatic hydroxyl groups excluding tert-OH is 4. The number of allylic oxidation sites excluding steroid dienone is 4. The Labute approximate surface area is 482 Å². The normalized spacial score (nSPS) is 13.6. The highest BCUT2D eigenvalue weighted by Gasteiger charge is 2.28. The Hall–Kier alpha value is -1.21. The maximum atomic E-state index is 12.7. The largest absolute Gasteiger partial charge is 0.394 e. The number of hydrogen-bond acceptors (Lipinski definition) is 5. The number of unbranched alkanes of at least 4 members (excludes halogenated alkanes) is 53. The molecule has 0 spiro atoms. The van der Waals surface area contributed by atoms with Crippen LogP contribution in [0.15, 0.2) is 24.3 Å². The Morgan fingerprint density at radius 3 is 0.779 bits per heavy atom. The first-order valence-electron chi connectivity index (χ1n) is 35.2. The quantitative estimate of drug-likeness (QED) is 0.0308. The molecular weight excluding hydrogens is 947 g/mol. The van der Waals surface area contributed by atoms with Gasteiger partial charge in [-0.05, 0) is 64.2 Å². The number of carbonyl (C=O) groups excluding carboxylic acids is 1. The van der Waals surface area contributed by atoms with Crippen LogP contribution in [0, 0.1) is 0 Å². The highest BCUT2D eigenvalue weighted by Crippen LogP contribution is 2.19. The van der Waals surface area contributed by atoms with Gasteiger partial charge >= 0.3 is 0 Å². The number of amides is 1. The molecule has 0 radical (unpaired) electrons. The van der Waals surface area contributed by atoms with Crippen molar-refractivity contribution in [3.63, 3.8) is 0 Å². The zero-order valence-electron chi connectivity index (χ0n) is 52.2. The van der Waals surface area contributed by atoms with E-state index in [1.54, 1.807) is 0 Å². The summed E-state index contributed by atoms with van der Waals surface area (Å²) >= 11 is 0. The van der Waals surface area contributed by atoms with Crippen LogP contribution in [0.3, 0.4) is 0 Å². The Morgan fingerprint density at radius 2 is 0.532 bits per heavy atom. The molecule has 6 heteroatoms. The number of rotatable bonds is 66. The molecule has 0 aliphatic heterocycles. The molecular formula is C71H139NO5. The molecule has 0 aromatic rings. The second-order valence-corrected chi connectivity index (χ2v) is 24.6. The van der Waals surface area contributed by atoms with Crippen molar-refractivity contribution < 1.29 is 25.2 Å². The molecule has 0 aliphatic rings. The van der Waals surface area contributed by atoms with Crippen LogP contribution in [0.4, 0.5) is 0 Å². The first-order chi connectivity index (χ1) is 38.0. The molecule has 0 aromatic carbocycles. The number of hydrogen-bond donors (Lipinski definition) is 5. The Kier molecular flexibility index (Phi) is 64.6. The third kappa shape index (κ3) is 59.2. The molecule has 1 amide bonds. The van der Waals surface area contributed by atoms with Gasteiger partial charge in [-0.1, -0.05) is 353 Å². The standard InChI is InChI=1S/C71H139NO5/c1-3-5-7-9-11-13-15-17-19-21-23-25-27-28-29-30-31-32-33-34-35-36-37-38-39-40-41-43-45-47-49-51-53-55-57-59-61-63-65-69(75)71(77)72-67(66-73)70(76)68(74)64-62-60-58-56-54-52-50-48-46-44-42-26-24-22-20-18-16-14-12-10-8-6-4-2/h34-35,56,58,67-70,73-76H,3-33,36-55,57,59-66H2,1-2H3,(H,72,77)/b35-34-,58-56+. The average Bonchev–Trinajstić information content (AvgIpc) is 3.43. The lowest BCUT2D eigenvalue weighted by Crippen LogP contribution is -2.53. The zero-order valence-corrected chi connectivity index (χ0v) is 52.2. The summed E-state index contributed by atoms with van der Waals surface area (Å²) in [6.45, 7) is 4.10. The molecule has 6 nitrogen and oxygen atoms in total. The summed E-state index contributed by atoms with van der Waals surface area (Å²) in [5.74, 6) is -0.586. The van der Waals surface area contributed by atoms with Crippen LogP contribution in [0.2, 0.25) is 0 Å². The van der Waals surface area contributed by atoms with E-state index in [1.165, 1.54) is 327 Å². The summed E-state index contributed by atoms with van der Waals surface area (Å²) in [5.41, 5.74) is 0. The van der Waals surface area contributed by atoms with Crippen LogP contribution < -0.4 is 5.32 Å². The maximum absolute atomic E-state index is 12.7. The van der Waals surface area contributed by atoms with E-state index < -0.39 is 36.9 Å². The predicted molar refractivity (Wildman–Crippen MR) is 339 cm³/mol. The molecule has 77 heavy (non-hydrogen) atoms. The Morgan fingerprint density at radius 1 is 0.312 bits per heavy atom. The van der Waals surface area contributed by atoms with E-state index in [2.05, 4.69) is 43.5 Å². The van der Waals surface area contributed by atoms with E-state index in [1.807, 2.05) is 0 Å². The molecule has 0 heterocycles. The number of aliphatic hydroxyl groups is 4.